The molecule has 0 saturated heterocycles. The number of amides is 1. The van der Waals surface area contributed by atoms with Gasteiger partial charge in [-0.3, -0.25) is 4.79 Å². The summed E-state index contributed by atoms with van der Waals surface area (Å²) in [6.45, 7) is 2.66. The van der Waals surface area contributed by atoms with Gasteiger partial charge in [-0.1, -0.05) is 37.3 Å². The van der Waals surface area contributed by atoms with Crippen molar-refractivity contribution in [3.05, 3.63) is 48.0 Å². The maximum Gasteiger partial charge on any atom is 0.251 e. The Bertz CT molecular complexity index is 303. The highest BCUT2D eigenvalue weighted by Crippen LogP contribution is 1.97. The van der Waals surface area contributed by atoms with E-state index < -0.39 is 0 Å². The van der Waals surface area contributed by atoms with Crippen LogP contribution in [0.1, 0.15) is 23.7 Å². The molecule has 1 aromatic rings. The number of carbonyl (C=O) groups excluding carboxylic acids is 1. The fraction of sp³-hybridized carbons (Fsp3) is 0.250. The highest BCUT2D eigenvalue weighted by molar-refractivity contribution is 5.94. The van der Waals surface area contributed by atoms with Gasteiger partial charge in [0.2, 0.25) is 0 Å². The van der Waals surface area contributed by atoms with Crippen LogP contribution in [0.5, 0.6) is 0 Å². The Kier molecular flexibility index (Phi) is 4.48. The third-order valence-corrected chi connectivity index (χ3v) is 1.82. The molecule has 2 nitrogen and oxygen atoms in total. The number of hydrogen-bond donors (Lipinski definition) is 1. The van der Waals surface area contributed by atoms with Gasteiger partial charge in [0.1, 0.15) is 0 Å². The number of rotatable bonds is 4. The van der Waals surface area contributed by atoms with Crippen LogP contribution in [0.15, 0.2) is 42.5 Å². The van der Waals surface area contributed by atoms with E-state index in [2.05, 4.69) is 12.2 Å². The molecule has 0 heterocycles. The van der Waals surface area contributed by atoms with Gasteiger partial charge in [0.25, 0.3) is 5.91 Å². The Morgan fingerprint density at radius 3 is 2.64 bits per heavy atom. The molecule has 1 amide bonds. The van der Waals surface area contributed by atoms with Gasteiger partial charge in [-0.15, -0.1) is 0 Å². The first kappa shape index (κ1) is 10.5. The minimum Gasteiger partial charge on any atom is -0.349 e. The summed E-state index contributed by atoms with van der Waals surface area (Å²) >= 11 is 0. The van der Waals surface area contributed by atoms with Crippen molar-refractivity contribution in [2.24, 2.45) is 0 Å². The van der Waals surface area contributed by atoms with Crippen LogP contribution in [0, 0.1) is 0 Å². The van der Waals surface area contributed by atoms with Gasteiger partial charge in [0.05, 0.1) is 0 Å². The summed E-state index contributed by atoms with van der Waals surface area (Å²) in [6.07, 6.45) is 4.99. The molecular formula is C12H15NO. The molecule has 1 aromatic carbocycles. The Morgan fingerprint density at radius 1 is 1.29 bits per heavy atom. The molecule has 0 aliphatic carbocycles. The second-order valence-electron chi connectivity index (χ2n) is 2.96. The molecule has 1 N–H and O–H groups in total. The lowest BCUT2D eigenvalue weighted by Gasteiger charge is -2.00. The second-order valence-corrected chi connectivity index (χ2v) is 2.96. The fourth-order valence-corrected chi connectivity index (χ4v) is 1.09. The molecule has 0 unspecified atom stereocenters. The molecule has 0 radical (unpaired) electrons. The van der Waals surface area contributed by atoms with Crippen LogP contribution in [-0.2, 0) is 0 Å². The molecule has 1 rings (SSSR count). The number of nitrogens with one attached hydrogen (secondary N) is 1. The zero-order chi connectivity index (χ0) is 10.2. The van der Waals surface area contributed by atoms with Crippen LogP contribution < -0.4 is 5.32 Å². The van der Waals surface area contributed by atoms with E-state index in [-0.39, 0.29) is 5.91 Å². The minimum atomic E-state index is -0.0219. The van der Waals surface area contributed by atoms with Crippen molar-refractivity contribution in [1.29, 1.82) is 0 Å². The van der Waals surface area contributed by atoms with E-state index >= 15 is 0 Å². The first-order chi connectivity index (χ1) is 6.84. The molecule has 0 aliphatic rings. The number of benzene rings is 1. The summed E-state index contributed by atoms with van der Waals surface area (Å²) in [7, 11) is 0. The van der Waals surface area contributed by atoms with Crippen LogP contribution >= 0.6 is 0 Å². The Labute approximate surface area is 84.6 Å². The van der Waals surface area contributed by atoms with Crippen molar-refractivity contribution >= 4 is 5.91 Å². The van der Waals surface area contributed by atoms with Crippen molar-refractivity contribution in [1.82, 2.24) is 5.32 Å². The first-order valence-corrected chi connectivity index (χ1v) is 4.83. The average Bonchev–Trinajstić information content (AvgIpc) is 2.25. The summed E-state index contributed by atoms with van der Waals surface area (Å²) < 4.78 is 0. The lowest BCUT2D eigenvalue weighted by molar-refractivity contribution is 0.0958. The zero-order valence-electron chi connectivity index (χ0n) is 8.36. The molecule has 0 fully saturated rings. The van der Waals surface area contributed by atoms with Gasteiger partial charge in [-0.05, 0) is 18.6 Å². The standard InChI is InChI=1S/C12H15NO/c1-2-3-7-10-13-12(14)11-8-5-4-6-9-11/h3-9H,2,10H2,1H3,(H,13,14)/b7-3+. The van der Waals surface area contributed by atoms with E-state index in [0.717, 1.165) is 6.42 Å². The van der Waals surface area contributed by atoms with Crippen molar-refractivity contribution in [2.45, 2.75) is 13.3 Å². The Morgan fingerprint density at radius 2 is 2.00 bits per heavy atom. The SMILES string of the molecule is CC/C=C/CNC(=O)c1ccccc1. The Hall–Kier alpha value is -1.57. The number of carbonyl (C=O) groups is 1. The Balaban J connectivity index is 2.40. The molecule has 2 heteroatoms. The molecule has 0 spiro atoms. The largest absolute Gasteiger partial charge is 0.349 e. The smallest absolute Gasteiger partial charge is 0.251 e. The molecule has 0 aromatic heterocycles. The van der Waals surface area contributed by atoms with Gasteiger partial charge < -0.3 is 5.32 Å². The van der Waals surface area contributed by atoms with E-state index in [4.69, 9.17) is 0 Å². The molecule has 0 saturated carbocycles. The van der Waals surface area contributed by atoms with Gasteiger partial charge in [-0.25, -0.2) is 0 Å². The highest BCUT2D eigenvalue weighted by Gasteiger charge is 2.00. The predicted octanol–water partition coefficient (Wildman–Crippen LogP) is 2.38. The summed E-state index contributed by atoms with van der Waals surface area (Å²) in [6, 6.07) is 9.22. The molecule has 0 atom stereocenters. The highest BCUT2D eigenvalue weighted by atomic mass is 16.1. The summed E-state index contributed by atoms with van der Waals surface area (Å²) in [5.41, 5.74) is 0.706. The predicted molar refractivity (Wildman–Crippen MR) is 58.2 cm³/mol. The zero-order valence-corrected chi connectivity index (χ0v) is 8.36. The summed E-state index contributed by atoms with van der Waals surface area (Å²) in [4.78, 5) is 11.5. The van der Waals surface area contributed by atoms with E-state index in [1.807, 2.05) is 30.4 Å². The van der Waals surface area contributed by atoms with E-state index in [1.54, 1.807) is 12.1 Å². The van der Waals surface area contributed by atoms with Gasteiger partial charge >= 0.3 is 0 Å². The van der Waals surface area contributed by atoms with Gasteiger partial charge in [-0.2, -0.15) is 0 Å². The quantitative estimate of drug-likeness (QED) is 0.724. The maximum atomic E-state index is 11.5. The monoisotopic (exact) mass is 189 g/mol. The molecular weight excluding hydrogens is 174 g/mol. The third-order valence-electron chi connectivity index (χ3n) is 1.82. The van der Waals surface area contributed by atoms with Crippen molar-refractivity contribution in [3.63, 3.8) is 0 Å². The number of allylic oxidation sites excluding steroid dienone is 1. The van der Waals surface area contributed by atoms with Crippen LogP contribution in [0.4, 0.5) is 0 Å². The van der Waals surface area contributed by atoms with Crippen LogP contribution in [0.25, 0.3) is 0 Å². The van der Waals surface area contributed by atoms with E-state index in [1.165, 1.54) is 0 Å². The van der Waals surface area contributed by atoms with Crippen LogP contribution in [-0.4, -0.2) is 12.5 Å². The molecule has 14 heavy (non-hydrogen) atoms. The van der Waals surface area contributed by atoms with Crippen LogP contribution in [0.2, 0.25) is 0 Å². The van der Waals surface area contributed by atoms with E-state index in [9.17, 15) is 4.79 Å². The average molecular weight is 189 g/mol. The number of hydrogen-bond acceptors (Lipinski definition) is 1. The third kappa shape index (κ3) is 3.44. The molecule has 74 valence electrons. The van der Waals surface area contributed by atoms with Gasteiger partial charge in [0, 0.05) is 12.1 Å². The van der Waals surface area contributed by atoms with Crippen LogP contribution in [0.3, 0.4) is 0 Å². The fourth-order valence-electron chi connectivity index (χ4n) is 1.09. The summed E-state index contributed by atoms with van der Waals surface area (Å²) in [5, 5.41) is 2.81. The first-order valence-electron chi connectivity index (χ1n) is 4.83. The van der Waals surface area contributed by atoms with Gasteiger partial charge in [0.15, 0.2) is 0 Å². The van der Waals surface area contributed by atoms with Crippen molar-refractivity contribution in [3.8, 4) is 0 Å². The van der Waals surface area contributed by atoms with Crippen molar-refractivity contribution < 1.29 is 4.79 Å². The lowest BCUT2D eigenvalue weighted by Crippen LogP contribution is -2.23. The van der Waals surface area contributed by atoms with Crippen molar-refractivity contribution in [2.75, 3.05) is 6.54 Å². The maximum absolute atomic E-state index is 11.5. The minimum absolute atomic E-state index is 0.0219. The van der Waals surface area contributed by atoms with E-state index in [0.29, 0.717) is 12.1 Å². The second kappa shape index (κ2) is 5.97. The normalized spacial score (nSPS) is 10.4. The molecule has 0 aliphatic heterocycles. The summed E-state index contributed by atoms with van der Waals surface area (Å²) in [5.74, 6) is -0.0219. The lowest BCUT2D eigenvalue weighted by atomic mass is 10.2. The topological polar surface area (TPSA) is 29.1 Å². The molecule has 0 bridgehead atoms.